The van der Waals surface area contributed by atoms with E-state index in [0.29, 0.717) is 41.4 Å². The van der Waals surface area contributed by atoms with Crippen molar-refractivity contribution in [2.24, 2.45) is 0 Å². The molecule has 0 spiro atoms. The molecule has 8 heteroatoms. The Bertz CT molecular complexity index is 1120. The maximum atomic E-state index is 14.6. The molecule has 32 heavy (non-hydrogen) atoms. The molecular weight excluding hydrogens is 409 g/mol. The first-order valence-corrected chi connectivity index (χ1v) is 10.6. The van der Waals surface area contributed by atoms with Crippen molar-refractivity contribution < 1.29 is 14.3 Å². The first kappa shape index (κ1) is 21.7. The number of alkyl halides is 1. The van der Waals surface area contributed by atoms with Crippen molar-refractivity contribution in [3.8, 4) is 17.0 Å². The fourth-order valence-corrected chi connectivity index (χ4v) is 3.76. The summed E-state index contributed by atoms with van der Waals surface area (Å²) >= 11 is 0. The van der Waals surface area contributed by atoms with E-state index in [2.05, 4.69) is 20.3 Å². The lowest BCUT2D eigenvalue weighted by atomic mass is 10.0. The molecule has 0 bridgehead atoms. The molecule has 1 atom stereocenters. The van der Waals surface area contributed by atoms with Crippen LogP contribution in [0.15, 0.2) is 48.8 Å². The Kier molecular flexibility index (Phi) is 5.78. The van der Waals surface area contributed by atoms with Crippen LogP contribution in [0.25, 0.3) is 11.1 Å². The minimum absolute atomic E-state index is 0.118. The van der Waals surface area contributed by atoms with Crippen LogP contribution < -0.4 is 10.2 Å². The molecule has 2 N–H and O–H groups in total. The van der Waals surface area contributed by atoms with Gasteiger partial charge in [-0.05, 0) is 12.5 Å². The number of anilines is 2. The number of nitrogens with zero attached hydrogens (tertiary/aromatic N) is 4. The molecule has 1 unspecified atom stereocenters. The summed E-state index contributed by atoms with van der Waals surface area (Å²) in [6, 6.07) is 10.9. The Morgan fingerprint density at radius 2 is 1.91 bits per heavy atom. The van der Waals surface area contributed by atoms with Crippen LogP contribution in [0, 0.1) is 0 Å². The highest BCUT2D eigenvalue weighted by atomic mass is 19.1. The largest absolute Gasteiger partial charge is 0.493 e. The topological polar surface area (TPSA) is 91.2 Å². The van der Waals surface area contributed by atoms with E-state index in [1.807, 2.05) is 44.2 Å². The lowest BCUT2D eigenvalue weighted by Crippen LogP contribution is -2.28. The zero-order valence-corrected chi connectivity index (χ0v) is 18.3. The third-order valence-corrected chi connectivity index (χ3v) is 5.48. The number of aromatic nitrogens is 3. The lowest BCUT2D eigenvalue weighted by Gasteiger charge is -2.24. The van der Waals surface area contributed by atoms with Gasteiger partial charge in [0.2, 0.25) is 5.88 Å². The average molecular weight is 436 g/mol. The van der Waals surface area contributed by atoms with Gasteiger partial charge in [0.05, 0.1) is 17.8 Å². The second-order valence-corrected chi connectivity index (χ2v) is 8.62. The summed E-state index contributed by atoms with van der Waals surface area (Å²) in [5.74, 6) is 0.522. The number of halogens is 1. The van der Waals surface area contributed by atoms with E-state index in [1.54, 1.807) is 11.8 Å². The Hall–Kier alpha value is -3.55. The van der Waals surface area contributed by atoms with E-state index in [9.17, 15) is 14.3 Å². The molecule has 0 radical (unpaired) electrons. The molecule has 1 aromatic carbocycles. The van der Waals surface area contributed by atoms with Crippen molar-refractivity contribution in [2.45, 2.75) is 38.8 Å². The summed E-state index contributed by atoms with van der Waals surface area (Å²) < 4.78 is 14.6. The van der Waals surface area contributed by atoms with E-state index in [4.69, 9.17) is 0 Å². The maximum absolute atomic E-state index is 14.6. The summed E-state index contributed by atoms with van der Waals surface area (Å²) in [5.41, 5.74) is 0.708. The number of benzene rings is 1. The maximum Gasteiger partial charge on any atom is 0.258 e. The number of hydrogen-bond acceptors (Lipinski definition) is 6. The monoisotopic (exact) mass is 435 g/mol. The molecule has 0 saturated carbocycles. The second kappa shape index (κ2) is 8.53. The molecule has 7 nitrogen and oxygen atoms in total. The Morgan fingerprint density at radius 1 is 1.22 bits per heavy atom. The molecule has 0 aliphatic carbocycles. The molecule has 2 aromatic heterocycles. The van der Waals surface area contributed by atoms with Gasteiger partial charge in [-0.15, -0.1) is 0 Å². The molecule has 1 aliphatic heterocycles. The van der Waals surface area contributed by atoms with Crippen molar-refractivity contribution in [1.29, 1.82) is 0 Å². The number of nitrogens with one attached hydrogen (secondary N) is 1. The predicted octanol–water partition coefficient (Wildman–Crippen LogP) is 4.56. The normalized spacial score (nSPS) is 18.2. The molecule has 1 saturated heterocycles. The van der Waals surface area contributed by atoms with Crippen molar-refractivity contribution in [2.75, 3.05) is 23.3 Å². The van der Waals surface area contributed by atoms with Gasteiger partial charge in [0.25, 0.3) is 5.91 Å². The van der Waals surface area contributed by atoms with Crippen LogP contribution in [-0.2, 0) is 0 Å². The van der Waals surface area contributed by atoms with Crippen molar-refractivity contribution in [3.63, 3.8) is 0 Å². The fraction of sp³-hybridized carbons (Fsp3) is 0.333. The van der Waals surface area contributed by atoms with Gasteiger partial charge in [0, 0.05) is 42.9 Å². The van der Waals surface area contributed by atoms with Gasteiger partial charge in [0.15, 0.2) is 5.82 Å². The summed E-state index contributed by atoms with van der Waals surface area (Å²) in [6.07, 6.45) is 3.31. The highest BCUT2D eigenvalue weighted by Crippen LogP contribution is 2.40. The highest BCUT2D eigenvalue weighted by molar-refractivity contribution is 6.08. The van der Waals surface area contributed by atoms with Gasteiger partial charge in [0.1, 0.15) is 11.5 Å². The molecule has 3 aromatic rings. The molecular formula is C24H26FN5O2. The third kappa shape index (κ3) is 4.54. The van der Waals surface area contributed by atoms with Gasteiger partial charge < -0.3 is 15.3 Å². The van der Waals surface area contributed by atoms with E-state index in [-0.39, 0.29) is 18.3 Å². The van der Waals surface area contributed by atoms with Crippen LogP contribution in [0.4, 0.5) is 15.9 Å². The zero-order valence-electron chi connectivity index (χ0n) is 18.3. The van der Waals surface area contributed by atoms with Gasteiger partial charge in [-0.1, -0.05) is 44.2 Å². The molecule has 1 aliphatic rings. The molecule has 4 rings (SSSR count). The number of amides is 1. The molecule has 3 heterocycles. The first-order valence-electron chi connectivity index (χ1n) is 10.6. The number of pyridine rings is 1. The first-order chi connectivity index (χ1) is 15.2. The number of hydrogen-bond donors (Lipinski definition) is 2. The van der Waals surface area contributed by atoms with Gasteiger partial charge in [-0.2, -0.15) is 4.98 Å². The van der Waals surface area contributed by atoms with Crippen LogP contribution >= 0.6 is 0 Å². The van der Waals surface area contributed by atoms with Crippen LogP contribution in [0.1, 0.15) is 49.3 Å². The van der Waals surface area contributed by atoms with Gasteiger partial charge in [-0.3, -0.25) is 4.79 Å². The quantitative estimate of drug-likeness (QED) is 0.611. The van der Waals surface area contributed by atoms with Crippen LogP contribution in [0.5, 0.6) is 5.88 Å². The molecule has 1 amide bonds. The van der Waals surface area contributed by atoms with Crippen molar-refractivity contribution >= 4 is 17.4 Å². The van der Waals surface area contributed by atoms with Gasteiger partial charge in [-0.25, -0.2) is 14.4 Å². The average Bonchev–Trinajstić information content (AvgIpc) is 3.14. The Labute approximate surface area is 186 Å². The lowest BCUT2D eigenvalue weighted by molar-refractivity contribution is 0.102. The summed E-state index contributed by atoms with van der Waals surface area (Å²) in [7, 11) is 0. The SMILES string of the molecule is CC(C)c1ncc(C(=O)Nc2c(-c3ccccc3)cc(O)nc2N2CCC(C)(F)C2)cn1. The van der Waals surface area contributed by atoms with Crippen LogP contribution in [0.3, 0.4) is 0 Å². The number of rotatable bonds is 5. The molecule has 166 valence electrons. The number of aromatic hydroxyl groups is 1. The van der Waals surface area contributed by atoms with E-state index < -0.39 is 11.6 Å². The zero-order chi connectivity index (χ0) is 22.9. The summed E-state index contributed by atoms with van der Waals surface area (Å²) in [6.45, 7) is 6.04. The van der Waals surface area contributed by atoms with E-state index >= 15 is 0 Å². The summed E-state index contributed by atoms with van der Waals surface area (Å²) in [5, 5.41) is 13.3. The van der Waals surface area contributed by atoms with Crippen molar-refractivity contribution in [3.05, 3.63) is 60.2 Å². The van der Waals surface area contributed by atoms with Gasteiger partial charge >= 0.3 is 0 Å². The standard InChI is InChI=1S/C24H26FN5O2/c1-15(2)21-26-12-17(13-27-21)23(32)29-20-18(16-7-5-4-6-8-16)11-19(31)28-22(20)30-10-9-24(3,25)14-30/h4-8,11-13,15H,9-10,14H2,1-3H3,(H,28,31)(H,29,32). The number of carbonyl (C=O) groups excluding carboxylic acids is 1. The smallest absolute Gasteiger partial charge is 0.258 e. The molecule has 1 fully saturated rings. The Morgan fingerprint density at radius 3 is 2.50 bits per heavy atom. The minimum atomic E-state index is -1.37. The minimum Gasteiger partial charge on any atom is -0.493 e. The van der Waals surface area contributed by atoms with E-state index in [0.717, 1.165) is 5.56 Å². The van der Waals surface area contributed by atoms with Crippen LogP contribution in [0.2, 0.25) is 0 Å². The predicted molar refractivity (Wildman–Crippen MR) is 122 cm³/mol. The van der Waals surface area contributed by atoms with Crippen molar-refractivity contribution in [1.82, 2.24) is 15.0 Å². The number of carbonyl (C=O) groups is 1. The summed E-state index contributed by atoms with van der Waals surface area (Å²) in [4.78, 5) is 27.6. The fourth-order valence-electron chi connectivity index (χ4n) is 3.76. The third-order valence-electron chi connectivity index (χ3n) is 5.48. The Balaban J connectivity index is 1.77. The second-order valence-electron chi connectivity index (χ2n) is 8.62. The highest BCUT2D eigenvalue weighted by Gasteiger charge is 2.36. The van der Waals surface area contributed by atoms with E-state index in [1.165, 1.54) is 18.5 Å². The van der Waals surface area contributed by atoms with Crippen LogP contribution in [-0.4, -0.2) is 44.7 Å².